The SMILES string of the molecule is COc1cc(C=Nn2c(-c3ccc(Cl)cc3)nc3ccccc3c2=O)ccc1OC(=O)/C=C/c1ccc([N+](=O)[O-])cc1. The fraction of sp³-hybridized carbons (Fsp3) is 0.0323. The van der Waals surface area contributed by atoms with E-state index in [-0.39, 0.29) is 22.7 Å². The molecule has 0 aliphatic rings. The highest BCUT2D eigenvalue weighted by Gasteiger charge is 2.13. The van der Waals surface area contributed by atoms with E-state index in [9.17, 15) is 19.7 Å². The second-order valence-corrected chi connectivity index (χ2v) is 9.27. The molecular weight excluding hydrogens is 560 g/mol. The van der Waals surface area contributed by atoms with E-state index in [2.05, 4.69) is 10.1 Å². The Morgan fingerprint density at radius 3 is 2.40 bits per heavy atom. The van der Waals surface area contributed by atoms with Crippen molar-refractivity contribution < 1.29 is 19.2 Å². The Balaban J connectivity index is 1.40. The fourth-order valence-corrected chi connectivity index (χ4v) is 4.13. The lowest BCUT2D eigenvalue weighted by Gasteiger charge is -2.10. The van der Waals surface area contributed by atoms with Crippen molar-refractivity contribution in [2.75, 3.05) is 7.11 Å². The summed E-state index contributed by atoms with van der Waals surface area (Å²) >= 11 is 6.05. The zero-order valence-electron chi connectivity index (χ0n) is 22.0. The first-order valence-corrected chi connectivity index (χ1v) is 12.8. The molecule has 1 aromatic heterocycles. The number of para-hydroxylation sites is 1. The van der Waals surface area contributed by atoms with Gasteiger partial charge in [0.1, 0.15) is 0 Å². The summed E-state index contributed by atoms with van der Waals surface area (Å²) in [4.78, 5) is 40.8. The first-order valence-electron chi connectivity index (χ1n) is 12.5. The number of carbonyl (C=O) groups is 1. The first kappa shape index (κ1) is 27.9. The zero-order chi connectivity index (χ0) is 29.6. The van der Waals surface area contributed by atoms with Gasteiger partial charge in [0.2, 0.25) is 0 Å². The van der Waals surface area contributed by atoms with E-state index in [1.54, 1.807) is 66.7 Å². The van der Waals surface area contributed by atoms with E-state index in [4.69, 9.17) is 21.1 Å². The highest BCUT2D eigenvalue weighted by molar-refractivity contribution is 6.30. The number of esters is 1. The molecule has 0 radical (unpaired) electrons. The van der Waals surface area contributed by atoms with Gasteiger partial charge in [-0.2, -0.15) is 9.78 Å². The van der Waals surface area contributed by atoms with Gasteiger partial charge >= 0.3 is 5.97 Å². The largest absolute Gasteiger partial charge is 0.493 e. The Kier molecular flexibility index (Phi) is 8.17. The van der Waals surface area contributed by atoms with Crippen LogP contribution in [0.4, 0.5) is 5.69 Å². The van der Waals surface area contributed by atoms with Crippen LogP contribution in [0.3, 0.4) is 0 Å². The van der Waals surface area contributed by atoms with E-state index < -0.39 is 10.9 Å². The molecule has 0 saturated carbocycles. The number of hydrogen-bond donors (Lipinski definition) is 0. The minimum atomic E-state index is -0.672. The van der Waals surface area contributed by atoms with E-state index in [1.165, 1.54) is 54.4 Å². The van der Waals surface area contributed by atoms with Crippen LogP contribution in [0.15, 0.2) is 107 Å². The van der Waals surface area contributed by atoms with Crippen LogP contribution in [-0.2, 0) is 4.79 Å². The monoisotopic (exact) mass is 580 g/mol. The minimum Gasteiger partial charge on any atom is -0.493 e. The van der Waals surface area contributed by atoms with Gasteiger partial charge in [0.15, 0.2) is 17.3 Å². The second kappa shape index (κ2) is 12.3. The third-order valence-corrected chi connectivity index (χ3v) is 6.34. The van der Waals surface area contributed by atoms with Crippen LogP contribution in [0.5, 0.6) is 11.5 Å². The summed E-state index contributed by atoms with van der Waals surface area (Å²) in [6, 6.07) is 24.5. The van der Waals surface area contributed by atoms with E-state index >= 15 is 0 Å². The first-order chi connectivity index (χ1) is 20.3. The predicted octanol–water partition coefficient (Wildman–Crippen LogP) is 6.13. The molecular formula is C31H21ClN4O6. The van der Waals surface area contributed by atoms with Crippen molar-refractivity contribution in [1.82, 2.24) is 9.66 Å². The topological polar surface area (TPSA) is 126 Å². The molecule has 0 saturated heterocycles. The molecule has 5 rings (SSSR count). The molecule has 1 heterocycles. The number of aromatic nitrogens is 2. The number of nitrogens with zero attached hydrogens (tertiary/aromatic N) is 4. The number of methoxy groups -OCH3 is 1. The van der Waals surface area contributed by atoms with Gasteiger partial charge in [-0.1, -0.05) is 23.7 Å². The lowest BCUT2D eigenvalue weighted by Crippen LogP contribution is -2.20. The summed E-state index contributed by atoms with van der Waals surface area (Å²) < 4.78 is 12.0. The van der Waals surface area contributed by atoms with Gasteiger partial charge in [-0.15, -0.1) is 0 Å². The van der Waals surface area contributed by atoms with Crippen molar-refractivity contribution in [3.8, 4) is 22.9 Å². The molecule has 0 N–H and O–H groups in total. The maximum atomic E-state index is 13.4. The summed E-state index contributed by atoms with van der Waals surface area (Å²) in [5.74, 6) is 0.0933. The number of rotatable bonds is 8. The zero-order valence-corrected chi connectivity index (χ0v) is 22.8. The average Bonchev–Trinajstić information content (AvgIpc) is 3.00. The summed E-state index contributed by atoms with van der Waals surface area (Å²) in [6.45, 7) is 0. The van der Waals surface area contributed by atoms with Crippen molar-refractivity contribution in [3.63, 3.8) is 0 Å². The molecule has 0 atom stereocenters. The third kappa shape index (κ3) is 6.24. The number of halogens is 1. The predicted molar refractivity (Wildman–Crippen MR) is 160 cm³/mol. The molecule has 0 aliphatic carbocycles. The number of carbonyl (C=O) groups excluding carboxylic acids is 1. The van der Waals surface area contributed by atoms with Crippen molar-refractivity contribution in [3.05, 3.63) is 134 Å². The van der Waals surface area contributed by atoms with Crippen molar-refractivity contribution in [1.29, 1.82) is 0 Å². The summed E-state index contributed by atoms with van der Waals surface area (Å²) in [5.41, 5.74) is 1.95. The number of benzene rings is 4. The van der Waals surface area contributed by atoms with Gasteiger partial charge in [-0.05, 0) is 83.9 Å². The number of fused-ring (bicyclic) bond motifs is 1. The Bertz CT molecular complexity index is 1920. The average molecular weight is 581 g/mol. The second-order valence-electron chi connectivity index (χ2n) is 8.83. The normalized spacial score (nSPS) is 11.3. The molecule has 0 aliphatic heterocycles. The van der Waals surface area contributed by atoms with Crippen molar-refractivity contribution >= 4 is 46.5 Å². The molecule has 0 unspecified atom stereocenters. The Morgan fingerprint density at radius 1 is 0.976 bits per heavy atom. The Morgan fingerprint density at radius 2 is 1.69 bits per heavy atom. The standard InChI is InChI=1S/C31H21ClN4O6/c1-41-28-18-21(8-16-27(28)42-29(37)17-9-20-6-14-24(15-7-20)36(39)40)19-33-35-30(22-10-12-23(32)13-11-22)34-26-5-3-2-4-25(26)31(35)38/h2-19H,1H3/b17-9+,33-19?. The van der Waals surface area contributed by atoms with Gasteiger partial charge in [-0.25, -0.2) is 9.78 Å². The van der Waals surface area contributed by atoms with Crippen LogP contribution in [0.25, 0.3) is 28.4 Å². The maximum Gasteiger partial charge on any atom is 0.336 e. The highest BCUT2D eigenvalue weighted by Crippen LogP contribution is 2.28. The maximum absolute atomic E-state index is 13.4. The van der Waals surface area contributed by atoms with Crippen LogP contribution < -0.4 is 15.0 Å². The van der Waals surface area contributed by atoms with Crippen LogP contribution in [0.1, 0.15) is 11.1 Å². The smallest absolute Gasteiger partial charge is 0.336 e. The van der Waals surface area contributed by atoms with Crippen molar-refractivity contribution in [2.24, 2.45) is 5.10 Å². The van der Waals surface area contributed by atoms with Gasteiger partial charge in [-0.3, -0.25) is 14.9 Å². The van der Waals surface area contributed by atoms with Gasteiger partial charge in [0.05, 0.1) is 29.2 Å². The van der Waals surface area contributed by atoms with Gasteiger partial charge in [0, 0.05) is 28.8 Å². The lowest BCUT2D eigenvalue weighted by atomic mass is 10.2. The molecule has 5 aromatic rings. The van der Waals surface area contributed by atoms with E-state index in [1.807, 2.05) is 0 Å². The third-order valence-electron chi connectivity index (χ3n) is 6.09. The lowest BCUT2D eigenvalue weighted by molar-refractivity contribution is -0.384. The summed E-state index contributed by atoms with van der Waals surface area (Å²) in [7, 11) is 1.43. The number of nitro groups is 1. The van der Waals surface area contributed by atoms with E-state index in [0.29, 0.717) is 38.4 Å². The molecule has 0 amide bonds. The van der Waals surface area contributed by atoms with Crippen LogP contribution >= 0.6 is 11.6 Å². The van der Waals surface area contributed by atoms with Crippen LogP contribution in [0.2, 0.25) is 5.02 Å². The number of nitro benzene ring substituents is 1. The number of hydrogen-bond acceptors (Lipinski definition) is 8. The minimum absolute atomic E-state index is 0.0500. The highest BCUT2D eigenvalue weighted by atomic mass is 35.5. The summed E-state index contributed by atoms with van der Waals surface area (Å²) in [6.07, 6.45) is 4.15. The Labute approximate surface area is 243 Å². The Hall–Kier alpha value is -5.61. The number of non-ortho nitro benzene ring substituents is 1. The number of ether oxygens (including phenoxy) is 2. The molecule has 10 nitrogen and oxygen atoms in total. The van der Waals surface area contributed by atoms with Gasteiger partial charge < -0.3 is 9.47 Å². The molecule has 0 fully saturated rings. The van der Waals surface area contributed by atoms with E-state index in [0.717, 1.165) is 0 Å². The van der Waals surface area contributed by atoms with Gasteiger partial charge in [0.25, 0.3) is 11.2 Å². The molecule has 42 heavy (non-hydrogen) atoms. The molecule has 0 bridgehead atoms. The van der Waals surface area contributed by atoms with Crippen molar-refractivity contribution in [2.45, 2.75) is 0 Å². The molecule has 0 spiro atoms. The van der Waals surface area contributed by atoms with Crippen LogP contribution in [-0.4, -0.2) is 33.9 Å². The molecule has 208 valence electrons. The molecule has 4 aromatic carbocycles. The molecule has 11 heteroatoms. The fourth-order valence-electron chi connectivity index (χ4n) is 4.00. The van der Waals surface area contributed by atoms with Crippen LogP contribution in [0, 0.1) is 10.1 Å². The summed E-state index contributed by atoms with van der Waals surface area (Å²) in [5, 5.41) is 16.2. The quantitative estimate of drug-likeness (QED) is 0.0539.